The number of aryl methyl sites for hydroxylation is 1. The fraction of sp³-hybridized carbons (Fsp3) is 0.484. The van der Waals surface area contributed by atoms with Crippen LogP contribution >= 0.6 is 15.9 Å². The van der Waals surface area contributed by atoms with Crippen molar-refractivity contribution < 1.29 is 22.6 Å². The summed E-state index contributed by atoms with van der Waals surface area (Å²) in [6, 6.07) is 8.25. The average molecular weight is 718 g/mol. The molecule has 2 fully saturated rings. The molecule has 3 aliphatic rings. The monoisotopic (exact) mass is 716 g/mol. The number of methoxy groups -OCH3 is 1. The summed E-state index contributed by atoms with van der Waals surface area (Å²) in [5, 5.41) is 6.56. The third-order valence-electron chi connectivity index (χ3n) is 8.95. The van der Waals surface area contributed by atoms with E-state index in [1.807, 2.05) is 0 Å². The number of halogens is 1. The van der Waals surface area contributed by atoms with E-state index in [1.165, 1.54) is 12.7 Å². The number of hydrogen-bond donors (Lipinski definition) is 2. The molecule has 2 N–H and O–H groups in total. The molecule has 4 heterocycles. The number of sulfonamides is 1. The van der Waals surface area contributed by atoms with E-state index in [0.29, 0.717) is 50.9 Å². The summed E-state index contributed by atoms with van der Waals surface area (Å²) in [7, 11) is 1.72. The zero-order valence-electron chi connectivity index (χ0n) is 26.8. The summed E-state index contributed by atoms with van der Waals surface area (Å²) in [6.07, 6.45) is 5.06. The second-order valence-corrected chi connectivity index (χ2v) is 14.8. The van der Waals surface area contributed by atoms with Gasteiger partial charge in [-0.25, -0.2) is 13.4 Å². The van der Waals surface area contributed by atoms with Crippen LogP contribution in [-0.4, -0.2) is 108 Å². The lowest BCUT2D eigenvalue weighted by atomic mass is 10.0. The van der Waals surface area contributed by atoms with Gasteiger partial charge in [0, 0.05) is 70.3 Å². The van der Waals surface area contributed by atoms with Gasteiger partial charge in [-0.05, 0) is 66.5 Å². The lowest BCUT2D eigenvalue weighted by Gasteiger charge is -2.43. The van der Waals surface area contributed by atoms with Crippen LogP contribution < -0.4 is 34.0 Å². The summed E-state index contributed by atoms with van der Waals surface area (Å²) in [6.45, 7) is 8.72. The van der Waals surface area contributed by atoms with Crippen LogP contribution in [0, 0.1) is 6.92 Å². The Morgan fingerprint density at radius 2 is 1.78 bits per heavy atom. The third kappa shape index (κ3) is 6.77. The maximum Gasteiger partial charge on any atom is 0.232 e. The van der Waals surface area contributed by atoms with Crippen molar-refractivity contribution in [1.29, 1.82) is 0 Å². The van der Waals surface area contributed by atoms with E-state index >= 15 is 0 Å². The highest BCUT2D eigenvalue weighted by molar-refractivity contribution is 9.10. The molecule has 13 nitrogen and oxygen atoms in total. The van der Waals surface area contributed by atoms with Crippen molar-refractivity contribution in [3.63, 3.8) is 0 Å². The molecule has 0 saturated carbocycles. The quantitative estimate of drug-likeness (QED) is 0.327. The normalized spacial score (nSPS) is 17.7. The molecule has 2 saturated heterocycles. The van der Waals surface area contributed by atoms with Gasteiger partial charge in [-0.1, -0.05) is 0 Å². The predicted octanol–water partition coefficient (Wildman–Crippen LogP) is 4.38. The van der Waals surface area contributed by atoms with Gasteiger partial charge in [0.25, 0.3) is 0 Å². The van der Waals surface area contributed by atoms with Gasteiger partial charge < -0.3 is 34.6 Å². The van der Waals surface area contributed by atoms with E-state index < -0.39 is 10.0 Å². The average Bonchev–Trinajstić information content (AvgIpc) is 3.51. The Kier molecular flexibility index (Phi) is 9.37. The Bertz CT molecular complexity index is 1690. The molecule has 0 unspecified atom stereocenters. The number of nitrogens with one attached hydrogen (secondary N) is 2. The van der Waals surface area contributed by atoms with Gasteiger partial charge >= 0.3 is 0 Å². The van der Waals surface area contributed by atoms with Crippen molar-refractivity contribution in [2.45, 2.75) is 25.8 Å². The first kappa shape index (κ1) is 32.4. The molecule has 6 rings (SSSR count). The highest BCUT2D eigenvalue weighted by Crippen LogP contribution is 2.47. The topological polar surface area (TPSA) is 125 Å². The number of aromatic nitrogens is 2. The van der Waals surface area contributed by atoms with Gasteiger partial charge in [-0.15, -0.1) is 0 Å². The summed E-state index contributed by atoms with van der Waals surface area (Å²) in [5.74, 6) is 2.25. The van der Waals surface area contributed by atoms with Crippen LogP contribution in [-0.2, 0) is 10.0 Å². The lowest BCUT2D eigenvalue weighted by Crippen LogP contribution is -2.52. The van der Waals surface area contributed by atoms with Gasteiger partial charge in [0.05, 0.1) is 29.2 Å². The molecule has 0 bridgehead atoms. The summed E-state index contributed by atoms with van der Waals surface area (Å²) < 4.78 is 43.7. The molecule has 2 aromatic carbocycles. The standard InChI is InChI=1S/C31H41BrN8O5S/c1-20-16-24(27(43-4)17-25(20)40-10-8-21(9-11-40)39-14-12-37(2)13-15-39)35-31-33-18-22(32)30(36-31)34-23-6-7-26-29(45-19-44-26)28(23)38(3)46(5,41)42/h6-7,16-18,21H,8-15,19H2,1-5H3,(H2,33,34,35,36). The van der Waals surface area contributed by atoms with Gasteiger partial charge in [0.1, 0.15) is 17.3 Å². The maximum atomic E-state index is 12.5. The van der Waals surface area contributed by atoms with Crippen LogP contribution in [0.5, 0.6) is 17.2 Å². The van der Waals surface area contributed by atoms with Crippen LogP contribution in [0.25, 0.3) is 0 Å². The van der Waals surface area contributed by atoms with Gasteiger partial charge in [-0.2, -0.15) is 4.98 Å². The van der Waals surface area contributed by atoms with Crippen LogP contribution in [0.4, 0.5) is 34.5 Å². The molecule has 1 aromatic heterocycles. The number of ether oxygens (including phenoxy) is 3. The number of rotatable bonds is 9. The number of piperidine rings is 1. The summed E-state index contributed by atoms with van der Waals surface area (Å²) >= 11 is 3.52. The number of fused-ring (bicyclic) bond motifs is 1. The molecule has 0 radical (unpaired) electrons. The predicted molar refractivity (Wildman–Crippen MR) is 184 cm³/mol. The van der Waals surface area contributed by atoms with Crippen LogP contribution in [0.3, 0.4) is 0 Å². The smallest absolute Gasteiger partial charge is 0.232 e. The fourth-order valence-corrected chi connectivity index (χ4v) is 7.05. The molecule has 3 aliphatic heterocycles. The first-order valence-electron chi connectivity index (χ1n) is 15.3. The molecular weight excluding hydrogens is 676 g/mol. The van der Waals surface area contributed by atoms with Crippen molar-refractivity contribution in [2.24, 2.45) is 0 Å². The van der Waals surface area contributed by atoms with Crippen LogP contribution in [0.15, 0.2) is 34.9 Å². The Labute approximate surface area is 279 Å². The van der Waals surface area contributed by atoms with E-state index in [0.717, 1.165) is 73.9 Å². The lowest BCUT2D eigenvalue weighted by molar-refractivity contribution is 0.0982. The molecule has 3 aromatic rings. The van der Waals surface area contributed by atoms with Crippen LogP contribution in [0.2, 0.25) is 0 Å². The number of piperazine rings is 1. The van der Waals surface area contributed by atoms with Crippen molar-refractivity contribution in [2.75, 3.05) is 93.4 Å². The van der Waals surface area contributed by atoms with Crippen molar-refractivity contribution in [1.82, 2.24) is 19.8 Å². The zero-order valence-corrected chi connectivity index (χ0v) is 29.2. The van der Waals surface area contributed by atoms with E-state index in [9.17, 15) is 8.42 Å². The Morgan fingerprint density at radius 3 is 2.48 bits per heavy atom. The van der Waals surface area contributed by atoms with E-state index in [2.05, 4.69) is 72.4 Å². The van der Waals surface area contributed by atoms with Crippen LogP contribution in [0.1, 0.15) is 18.4 Å². The SMILES string of the molecule is COc1cc(N2CCC(N3CCN(C)CC3)CC2)c(C)cc1Nc1ncc(Br)c(Nc2ccc3c(c2N(C)S(C)(=O)=O)OCO3)n1. The summed E-state index contributed by atoms with van der Waals surface area (Å²) in [4.78, 5) is 16.7. The van der Waals surface area contributed by atoms with E-state index in [-0.39, 0.29) is 6.79 Å². The second-order valence-electron chi connectivity index (χ2n) is 12.0. The Morgan fingerprint density at radius 1 is 1.04 bits per heavy atom. The molecule has 248 valence electrons. The molecular formula is C31H41BrN8O5S. The van der Waals surface area contributed by atoms with Crippen molar-refractivity contribution in [3.05, 3.63) is 40.5 Å². The van der Waals surface area contributed by atoms with Crippen molar-refractivity contribution >= 4 is 60.5 Å². The highest BCUT2D eigenvalue weighted by atomic mass is 79.9. The van der Waals surface area contributed by atoms with E-state index in [1.54, 1.807) is 25.4 Å². The first-order valence-corrected chi connectivity index (χ1v) is 17.9. The van der Waals surface area contributed by atoms with Gasteiger partial charge in [0.2, 0.25) is 22.8 Å². The van der Waals surface area contributed by atoms with Gasteiger partial charge in [-0.3, -0.25) is 9.21 Å². The number of nitrogens with zero attached hydrogens (tertiary/aromatic N) is 6. The Hall–Kier alpha value is -3.53. The number of likely N-dealkylation sites (N-methyl/N-ethyl adjacent to an activating group) is 1. The minimum Gasteiger partial charge on any atom is -0.494 e. The maximum absolute atomic E-state index is 12.5. The fourth-order valence-electron chi connectivity index (χ4n) is 6.24. The molecule has 0 atom stereocenters. The molecule has 0 spiro atoms. The summed E-state index contributed by atoms with van der Waals surface area (Å²) in [5.41, 5.74) is 3.83. The second kappa shape index (κ2) is 13.3. The highest BCUT2D eigenvalue weighted by Gasteiger charge is 2.29. The molecule has 15 heteroatoms. The minimum atomic E-state index is -3.60. The number of anilines is 6. The first-order chi connectivity index (χ1) is 22.0. The molecule has 0 amide bonds. The minimum absolute atomic E-state index is 0.00356. The Balaban J connectivity index is 1.20. The van der Waals surface area contributed by atoms with Gasteiger partial charge in [0.15, 0.2) is 11.5 Å². The third-order valence-corrected chi connectivity index (χ3v) is 10.7. The zero-order chi connectivity index (χ0) is 32.6. The van der Waals surface area contributed by atoms with E-state index in [4.69, 9.17) is 19.2 Å². The number of hydrogen-bond acceptors (Lipinski definition) is 12. The number of benzene rings is 2. The molecule has 46 heavy (non-hydrogen) atoms. The van der Waals surface area contributed by atoms with Crippen molar-refractivity contribution in [3.8, 4) is 17.2 Å². The molecule has 0 aliphatic carbocycles. The largest absolute Gasteiger partial charge is 0.494 e.